The highest BCUT2D eigenvalue weighted by atomic mass is 35.5. The molecule has 3 heterocycles. The molecule has 5 nitrogen and oxygen atoms in total. The van der Waals surface area contributed by atoms with E-state index in [0.717, 1.165) is 95.5 Å². The van der Waals surface area contributed by atoms with Crippen LogP contribution in [0.1, 0.15) is 73.1 Å². The summed E-state index contributed by atoms with van der Waals surface area (Å²) in [5.74, 6) is 1.83. The van der Waals surface area contributed by atoms with Crippen LogP contribution in [0.15, 0.2) is 18.2 Å². The predicted octanol–water partition coefficient (Wildman–Crippen LogP) is 5.49. The van der Waals surface area contributed by atoms with Crippen molar-refractivity contribution >= 4 is 12.4 Å². The molecule has 2 saturated heterocycles. The molecular weight excluding hydrogens is 484 g/mol. The van der Waals surface area contributed by atoms with E-state index in [1.165, 1.54) is 6.07 Å². The van der Waals surface area contributed by atoms with Gasteiger partial charge in [-0.1, -0.05) is 6.07 Å². The number of aryl methyl sites for hydroxylation is 1. The van der Waals surface area contributed by atoms with Gasteiger partial charge in [-0.3, -0.25) is 0 Å². The predicted molar refractivity (Wildman–Crippen MR) is 126 cm³/mol. The van der Waals surface area contributed by atoms with E-state index >= 15 is 0 Å². The Hall–Kier alpha value is -1.71. The number of halogens is 5. The van der Waals surface area contributed by atoms with Crippen molar-refractivity contribution in [1.29, 1.82) is 0 Å². The van der Waals surface area contributed by atoms with E-state index < -0.39 is 17.6 Å². The van der Waals surface area contributed by atoms with Crippen molar-refractivity contribution in [3.63, 3.8) is 0 Å². The molecule has 3 fully saturated rings. The summed E-state index contributed by atoms with van der Waals surface area (Å²) in [4.78, 5) is 2.42. The van der Waals surface area contributed by atoms with E-state index in [1.54, 1.807) is 0 Å². The smallest absolute Gasteiger partial charge is 0.381 e. The highest BCUT2D eigenvalue weighted by molar-refractivity contribution is 5.85. The Balaban J connectivity index is 0.00000289. The lowest BCUT2D eigenvalue weighted by Gasteiger charge is -2.21. The summed E-state index contributed by atoms with van der Waals surface area (Å²) in [5, 5.41) is 8.86. The fourth-order valence-corrected chi connectivity index (χ4v) is 5.92. The Morgan fingerprint density at radius 2 is 1.91 bits per heavy atom. The standard InChI is InChI=1S/C25H32F4N4O.ClH/c1-32-22(30-31-23(32)17-7-12-34-13-8-17)4-2-3-10-33-11-9-24(16-33)15-20(24)19-6-5-18(14-21(19)26)25(27,28)29;/h5-6,14,17,20H,2-4,7-13,15-16H2,1H3;1H/t20-,24+;/m1./s1. The van der Waals surface area contributed by atoms with Crippen LogP contribution in [-0.4, -0.2) is 52.5 Å². The zero-order valence-corrected chi connectivity index (χ0v) is 20.8. The van der Waals surface area contributed by atoms with Gasteiger partial charge in [0, 0.05) is 39.1 Å². The molecule has 0 bridgehead atoms. The van der Waals surface area contributed by atoms with Crippen LogP contribution >= 0.6 is 12.4 Å². The maximum absolute atomic E-state index is 14.4. The monoisotopic (exact) mass is 516 g/mol. The Labute approximate surface area is 209 Å². The number of ether oxygens (including phenoxy) is 1. The first-order valence-corrected chi connectivity index (χ1v) is 12.3. The van der Waals surface area contributed by atoms with Crippen molar-refractivity contribution in [2.75, 3.05) is 32.8 Å². The lowest BCUT2D eigenvalue weighted by molar-refractivity contribution is -0.137. The molecule has 1 spiro atoms. The quantitative estimate of drug-likeness (QED) is 0.360. The second-order valence-corrected chi connectivity index (χ2v) is 10.3. The second-order valence-electron chi connectivity index (χ2n) is 10.3. The van der Waals surface area contributed by atoms with Crippen molar-refractivity contribution in [3.8, 4) is 0 Å². The molecule has 0 N–H and O–H groups in total. The Bertz CT molecular complexity index is 1020. The summed E-state index contributed by atoms with van der Waals surface area (Å²) in [6, 6.07) is 3.00. The molecule has 3 aliphatic rings. The average molecular weight is 517 g/mol. The highest BCUT2D eigenvalue weighted by Gasteiger charge is 2.58. The number of aromatic nitrogens is 3. The molecule has 0 radical (unpaired) electrons. The number of rotatable bonds is 7. The van der Waals surface area contributed by atoms with Gasteiger partial charge < -0.3 is 14.2 Å². The van der Waals surface area contributed by atoms with Gasteiger partial charge in [0.15, 0.2) is 0 Å². The van der Waals surface area contributed by atoms with Crippen molar-refractivity contribution in [1.82, 2.24) is 19.7 Å². The summed E-state index contributed by atoms with van der Waals surface area (Å²) in [6.45, 7) is 4.42. The summed E-state index contributed by atoms with van der Waals surface area (Å²) in [6.07, 6.45) is 2.30. The number of hydrogen-bond acceptors (Lipinski definition) is 4. The van der Waals surface area contributed by atoms with Crippen LogP contribution in [0.4, 0.5) is 17.6 Å². The summed E-state index contributed by atoms with van der Waals surface area (Å²) >= 11 is 0. The van der Waals surface area contributed by atoms with E-state index in [0.29, 0.717) is 17.5 Å². The third-order valence-electron chi connectivity index (χ3n) is 8.07. The summed E-state index contributed by atoms with van der Waals surface area (Å²) in [5.41, 5.74) is -0.445. The first-order chi connectivity index (χ1) is 16.3. The minimum atomic E-state index is -4.51. The van der Waals surface area contributed by atoms with Gasteiger partial charge in [-0.15, -0.1) is 22.6 Å². The molecule has 2 aliphatic heterocycles. The van der Waals surface area contributed by atoms with Crippen molar-refractivity contribution in [3.05, 3.63) is 46.8 Å². The molecule has 2 atom stereocenters. The van der Waals surface area contributed by atoms with Crippen LogP contribution in [0.5, 0.6) is 0 Å². The van der Waals surface area contributed by atoms with Crippen LogP contribution in [0.2, 0.25) is 0 Å². The van der Waals surface area contributed by atoms with Gasteiger partial charge in [-0.25, -0.2) is 4.39 Å². The lowest BCUT2D eigenvalue weighted by atomic mass is 9.97. The normalized spacial score (nSPS) is 25.2. The molecule has 194 valence electrons. The maximum atomic E-state index is 14.4. The van der Waals surface area contributed by atoms with Crippen LogP contribution in [0.25, 0.3) is 0 Å². The molecule has 1 saturated carbocycles. The molecule has 1 aromatic heterocycles. The molecule has 5 rings (SSSR count). The number of unbranched alkanes of at least 4 members (excludes halogenated alkanes) is 1. The van der Waals surface area contributed by atoms with Crippen LogP contribution in [0, 0.1) is 11.2 Å². The third-order valence-corrected chi connectivity index (χ3v) is 8.07. The largest absolute Gasteiger partial charge is 0.416 e. The number of benzene rings is 1. The first-order valence-electron chi connectivity index (χ1n) is 12.3. The van der Waals surface area contributed by atoms with E-state index in [9.17, 15) is 17.6 Å². The SMILES string of the molecule is Cl.Cn1c(CCCCN2CC[C@]3(C[C@@H]3c3ccc(C(F)(F)F)cc3F)C2)nnc1C1CCOCC1. The van der Waals surface area contributed by atoms with Gasteiger partial charge in [-0.05, 0) is 80.6 Å². The molecule has 10 heteroatoms. The maximum Gasteiger partial charge on any atom is 0.416 e. The van der Waals surface area contributed by atoms with Gasteiger partial charge in [0.05, 0.1) is 5.56 Å². The second kappa shape index (κ2) is 10.3. The minimum Gasteiger partial charge on any atom is -0.381 e. The zero-order valence-electron chi connectivity index (χ0n) is 20.0. The molecule has 35 heavy (non-hydrogen) atoms. The average Bonchev–Trinajstić information content (AvgIpc) is 3.14. The van der Waals surface area contributed by atoms with Gasteiger partial charge in [-0.2, -0.15) is 13.2 Å². The number of likely N-dealkylation sites (tertiary alicyclic amines) is 1. The molecule has 1 aromatic carbocycles. The Kier molecular flexibility index (Phi) is 7.79. The van der Waals surface area contributed by atoms with E-state index in [4.69, 9.17) is 4.74 Å². The Morgan fingerprint density at radius 3 is 2.63 bits per heavy atom. The van der Waals surface area contributed by atoms with Gasteiger partial charge in [0.1, 0.15) is 17.5 Å². The lowest BCUT2D eigenvalue weighted by Crippen LogP contribution is -2.23. The fourth-order valence-electron chi connectivity index (χ4n) is 5.92. The number of hydrogen-bond donors (Lipinski definition) is 0. The number of nitrogens with zero attached hydrogens (tertiary/aromatic N) is 4. The van der Waals surface area contributed by atoms with Crippen LogP contribution in [0.3, 0.4) is 0 Å². The van der Waals surface area contributed by atoms with Crippen molar-refractivity contribution in [2.24, 2.45) is 12.5 Å². The Morgan fingerprint density at radius 1 is 1.14 bits per heavy atom. The van der Waals surface area contributed by atoms with E-state index in [2.05, 4.69) is 26.7 Å². The van der Waals surface area contributed by atoms with Crippen LogP contribution in [-0.2, 0) is 24.4 Å². The minimum absolute atomic E-state index is 0. The molecule has 2 aromatic rings. The van der Waals surface area contributed by atoms with Crippen molar-refractivity contribution < 1.29 is 22.3 Å². The topological polar surface area (TPSA) is 43.2 Å². The van der Waals surface area contributed by atoms with E-state index in [1.807, 2.05) is 0 Å². The van der Waals surface area contributed by atoms with Crippen molar-refractivity contribution in [2.45, 2.75) is 63.0 Å². The van der Waals surface area contributed by atoms with Gasteiger partial charge in [0.25, 0.3) is 0 Å². The fraction of sp³-hybridized carbons (Fsp3) is 0.680. The highest BCUT2D eigenvalue weighted by Crippen LogP contribution is 2.64. The molecule has 0 unspecified atom stereocenters. The zero-order chi connectivity index (χ0) is 23.9. The molecule has 0 amide bonds. The van der Waals surface area contributed by atoms with Crippen LogP contribution < -0.4 is 0 Å². The summed E-state index contributed by atoms with van der Waals surface area (Å²) in [7, 11) is 2.05. The summed E-state index contributed by atoms with van der Waals surface area (Å²) < 4.78 is 60.5. The third kappa shape index (κ3) is 5.52. The van der Waals surface area contributed by atoms with Gasteiger partial charge in [0.2, 0.25) is 0 Å². The first kappa shape index (κ1) is 26.4. The molecule has 1 aliphatic carbocycles. The molecular formula is C25H33ClF4N4O. The van der Waals surface area contributed by atoms with Gasteiger partial charge >= 0.3 is 6.18 Å². The number of alkyl halides is 3. The van der Waals surface area contributed by atoms with E-state index in [-0.39, 0.29) is 23.7 Å².